The Labute approximate surface area is 159 Å². The van der Waals surface area contributed by atoms with Gasteiger partial charge in [0.15, 0.2) is 0 Å². The quantitative estimate of drug-likeness (QED) is 0.388. The maximum Gasteiger partial charge on any atom is 0.310 e. The van der Waals surface area contributed by atoms with Crippen LogP contribution in [0.5, 0.6) is 0 Å². The molecule has 2 bridgehead atoms. The molecule has 2 aliphatic carbocycles. The van der Waals surface area contributed by atoms with Gasteiger partial charge in [-0.1, -0.05) is 39.1 Å². The Kier molecular flexibility index (Phi) is 3.95. The first-order valence-electron chi connectivity index (χ1n) is 7.19. The van der Waals surface area contributed by atoms with E-state index in [-0.39, 0.29) is 45.6 Å². The third-order valence-electron chi connectivity index (χ3n) is 5.12. The molecule has 1 aromatic carbocycles. The lowest BCUT2D eigenvalue weighted by molar-refractivity contribution is -0.145. The molecule has 0 aromatic heterocycles. The van der Waals surface area contributed by atoms with Crippen LogP contribution < -0.4 is 5.32 Å². The highest BCUT2D eigenvalue weighted by Gasteiger charge is 2.67. The first kappa shape index (κ1) is 16.2. The van der Waals surface area contributed by atoms with Gasteiger partial charge in [-0.2, -0.15) is 0 Å². The summed E-state index contributed by atoms with van der Waals surface area (Å²) in [5, 5.41) is 3.45. The minimum Gasteiger partial charge on any atom is -0.461 e. The summed E-state index contributed by atoms with van der Waals surface area (Å²) >= 11 is 19.2. The maximum absolute atomic E-state index is 12.8. The highest BCUT2D eigenvalue weighted by Crippen LogP contribution is 2.60. The number of rotatable bonds is 2. The van der Waals surface area contributed by atoms with Gasteiger partial charge in [0, 0.05) is 10.4 Å². The molecule has 0 radical (unpaired) electrons. The van der Waals surface area contributed by atoms with Gasteiger partial charge in [-0.3, -0.25) is 9.59 Å². The molecule has 0 unspecified atom stereocenters. The van der Waals surface area contributed by atoms with Gasteiger partial charge in [0.25, 0.3) is 0 Å². The van der Waals surface area contributed by atoms with Crippen LogP contribution in [-0.4, -0.2) is 22.8 Å². The summed E-state index contributed by atoms with van der Waals surface area (Å²) in [6, 6.07) is 3.41. The smallest absolute Gasteiger partial charge is 0.310 e. The Morgan fingerprint density at radius 2 is 2.00 bits per heavy atom. The van der Waals surface area contributed by atoms with Gasteiger partial charge in [-0.05, 0) is 40.4 Å². The SMILES string of the molecule is O=C(Nc1ccc(Br)c(Cl)c1Cl)[C@@H]1[C@H]2C[C@H]3[C@H](OC(=O)[C@H]31)[C@@H]2Br. The number of halogens is 4. The molecule has 23 heavy (non-hydrogen) atoms. The Hall–Kier alpha value is -0.300. The molecule has 1 amide bonds. The van der Waals surface area contributed by atoms with E-state index in [0.717, 1.165) is 6.42 Å². The van der Waals surface area contributed by atoms with E-state index in [1.807, 2.05) is 0 Å². The van der Waals surface area contributed by atoms with Crippen molar-refractivity contribution in [3.63, 3.8) is 0 Å². The molecule has 2 saturated carbocycles. The molecule has 1 aromatic rings. The van der Waals surface area contributed by atoms with Gasteiger partial charge in [-0.25, -0.2) is 0 Å². The molecule has 1 N–H and O–H groups in total. The first-order valence-corrected chi connectivity index (χ1v) is 9.65. The van der Waals surface area contributed by atoms with Gasteiger partial charge < -0.3 is 10.1 Å². The number of esters is 1. The van der Waals surface area contributed by atoms with Crippen molar-refractivity contribution in [1.29, 1.82) is 0 Å². The molecule has 3 fully saturated rings. The lowest BCUT2D eigenvalue weighted by Crippen LogP contribution is -2.40. The van der Waals surface area contributed by atoms with Crippen molar-refractivity contribution in [3.8, 4) is 0 Å². The average molecular weight is 484 g/mol. The summed E-state index contributed by atoms with van der Waals surface area (Å²) in [4.78, 5) is 24.9. The van der Waals surface area contributed by atoms with E-state index in [9.17, 15) is 9.59 Å². The number of ether oxygens (including phenoxy) is 1. The summed E-state index contributed by atoms with van der Waals surface area (Å²) in [6.45, 7) is 0. The number of carbonyl (C=O) groups is 2. The van der Waals surface area contributed by atoms with Crippen LogP contribution in [0, 0.1) is 23.7 Å². The van der Waals surface area contributed by atoms with Crippen LogP contribution in [0.15, 0.2) is 16.6 Å². The zero-order valence-electron chi connectivity index (χ0n) is 11.6. The molecule has 122 valence electrons. The third kappa shape index (κ3) is 2.29. The Morgan fingerprint density at radius 3 is 2.74 bits per heavy atom. The Bertz CT molecular complexity index is 729. The predicted molar refractivity (Wildman–Crippen MR) is 94.0 cm³/mol. The van der Waals surface area contributed by atoms with E-state index in [1.165, 1.54) is 0 Å². The average Bonchev–Trinajstić information content (AvgIpc) is 3.12. The van der Waals surface area contributed by atoms with Gasteiger partial charge in [0.2, 0.25) is 5.91 Å². The van der Waals surface area contributed by atoms with Gasteiger partial charge >= 0.3 is 5.97 Å². The van der Waals surface area contributed by atoms with Crippen LogP contribution >= 0.6 is 55.1 Å². The largest absolute Gasteiger partial charge is 0.461 e. The lowest BCUT2D eigenvalue weighted by Gasteiger charge is -2.27. The number of anilines is 1. The van der Waals surface area contributed by atoms with Crippen molar-refractivity contribution in [3.05, 3.63) is 26.7 Å². The summed E-state index contributed by atoms with van der Waals surface area (Å²) in [7, 11) is 0. The van der Waals surface area contributed by atoms with E-state index in [1.54, 1.807) is 12.1 Å². The topological polar surface area (TPSA) is 55.4 Å². The van der Waals surface area contributed by atoms with Crippen LogP contribution in [0.4, 0.5) is 5.69 Å². The number of carbonyl (C=O) groups excluding carboxylic acids is 2. The van der Waals surface area contributed by atoms with Crippen molar-refractivity contribution >= 4 is 72.6 Å². The zero-order valence-corrected chi connectivity index (χ0v) is 16.2. The standard InChI is InChI=1S/C15H11Br2Cl2NO3/c16-6-1-2-7(12(19)11(6)18)20-14(21)8-4-3-5-9(8)15(22)23-13(5)10(4)17/h1-2,4-5,8-10,13H,3H2,(H,20,21)/t4-,5-,8-,9-,10-,13+/m1/s1. The molecule has 3 aliphatic rings. The minimum atomic E-state index is -0.394. The number of fused-ring (bicyclic) bond motifs is 1. The normalized spacial score (nSPS) is 37.1. The number of hydrogen-bond donors (Lipinski definition) is 1. The van der Waals surface area contributed by atoms with E-state index >= 15 is 0 Å². The van der Waals surface area contributed by atoms with Crippen molar-refractivity contribution in [2.45, 2.75) is 17.4 Å². The molecule has 1 heterocycles. The molecule has 6 atom stereocenters. The fourth-order valence-electron chi connectivity index (χ4n) is 4.17. The second-order valence-corrected chi connectivity index (χ2v) is 8.84. The fourth-order valence-corrected chi connectivity index (χ4v) is 6.03. The molecule has 8 heteroatoms. The zero-order chi connectivity index (χ0) is 16.5. The number of alkyl halides is 1. The van der Waals surface area contributed by atoms with Crippen LogP contribution in [-0.2, 0) is 14.3 Å². The molecule has 1 saturated heterocycles. The fraction of sp³-hybridized carbons (Fsp3) is 0.467. The predicted octanol–water partition coefficient (Wildman–Crippen LogP) is 4.27. The molecule has 4 rings (SSSR count). The number of hydrogen-bond acceptors (Lipinski definition) is 3. The van der Waals surface area contributed by atoms with Crippen molar-refractivity contribution in [2.75, 3.05) is 5.32 Å². The monoisotopic (exact) mass is 481 g/mol. The lowest BCUT2D eigenvalue weighted by atomic mass is 9.79. The Morgan fingerprint density at radius 1 is 1.26 bits per heavy atom. The molecular weight excluding hydrogens is 473 g/mol. The summed E-state index contributed by atoms with van der Waals surface area (Å²) < 4.78 is 6.08. The van der Waals surface area contributed by atoms with Gasteiger partial charge in [0.05, 0.1) is 32.4 Å². The third-order valence-corrected chi connectivity index (χ3v) is 8.09. The first-order chi connectivity index (χ1) is 10.9. The van der Waals surface area contributed by atoms with E-state index in [2.05, 4.69) is 37.2 Å². The Balaban J connectivity index is 1.61. The molecule has 1 aliphatic heterocycles. The van der Waals surface area contributed by atoms with Crippen LogP contribution in [0.25, 0.3) is 0 Å². The van der Waals surface area contributed by atoms with E-state index < -0.39 is 5.92 Å². The number of benzene rings is 1. The molecule has 4 nitrogen and oxygen atoms in total. The second-order valence-electron chi connectivity index (χ2n) is 6.17. The highest BCUT2D eigenvalue weighted by molar-refractivity contribution is 9.10. The van der Waals surface area contributed by atoms with E-state index in [0.29, 0.717) is 15.2 Å². The highest BCUT2D eigenvalue weighted by atomic mass is 79.9. The summed E-state index contributed by atoms with van der Waals surface area (Å²) in [5.74, 6) is -0.963. The van der Waals surface area contributed by atoms with Crippen LogP contribution in [0.3, 0.4) is 0 Å². The number of amides is 1. The van der Waals surface area contributed by atoms with Crippen LogP contribution in [0.2, 0.25) is 10.0 Å². The van der Waals surface area contributed by atoms with Gasteiger partial charge in [0.1, 0.15) is 6.10 Å². The van der Waals surface area contributed by atoms with Gasteiger partial charge in [-0.15, -0.1) is 0 Å². The van der Waals surface area contributed by atoms with Crippen LogP contribution in [0.1, 0.15) is 6.42 Å². The minimum absolute atomic E-state index is 0.0370. The second kappa shape index (κ2) is 5.61. The summed E-state index contributed by atoms with van der Waals surface area (Å²) in [5.41, 5.74) is 0.446. The van der Waals surface area contributed by atoms with Crippen molar-refractivity contribution in [2.24, 2.45) is 23.7 Å². The maximum atomic E-state index is 12.8. The molecular formula is C15H11Br2Cl2NO3. The molecule has 0 spiro atoms. The van der Waals surface area contributed by atoms with E-state index in [4.69, 9.17) is 27.9 Å². The summed E-state index contributed by atoms with van der Waals surface area (Å²) in [6.07, 6.45) is 0.747. The number of nitrogens with one attached hydrogen (secondary N) is 1. The van der Waals surface area contributed by atoms with Crippen molar-refractivity contribution in [1.82, 2.24) is 0 Å². The van der Waals surface area contributed by atoms with Crippen molar-refractivity contribution < 1.29 is 14.3 Å².